The number of aryl methyl sites for hydroxylation is 1. The predicted molar refractivity (Wildman–Crippen MR) is 138 cm³/mol. The van der Waals surface area contributed by atoms with Crippen molar-refractivity contribution in [1.29, 1.82) is 0 Å². The number of allylic oxidation sites excluding steroid dienone is 3. The van der Waals surface area contributed by atoms with Crippen LogP contribution in [0, 0.1) is 6.92 Å². The molecular weight excluding hydrogens is 474 g/mol. The number of Topliss-reactive ketones (excluding diaryl/α,β-unsaturated/α-hetero) is 1. The van der Waals surface area contributed by atoms with Crippen LogP contribution in [0.15, 0.2) is 57.3 Å². The number of ketones is 1. The van der Waals surface area contributed by atoms with Crippen molar-refractivity contribution in [3.63, 3.8) is 0 Å². The maximum Gasteiger partial charge on any atom is 0.336 e. The third kappa shape index (κ3) is 5.59. The highest BCUT2D eigenvalue weighted by atomic mass is 16.6. The molecule has 1 aliphatic heterocycles. The van der Waals surface area contributed by atoms with Crippen molar-refractivity contribution >= 4 is 11.8 Å². The molecule has 0 saturated carbocycles. The maximum atomic E-state index is 13.7. The molecule has 0 amide bonds. The van der Waals surface area contributed by atoms with Crippen LogP contribution in [0.3, 0.4) is 0 Å². The topological polar surface area (TPSA) is 96.2 Å². The second-order valence-corrected chi connectivity index (χ2v) is 9.14. The van der Waals surface area contributed by atoms with E-state index in [1.165, 1.54) is 0 Å². The van der Waals surface area contributed by atoms with Crippen molar-refractivity contribution in [3.05, 3.63) is 70.0 Å². The van der Waals surface area contributed by atoms with E-state index in [0.717, 1.165) is 11.3 Å². The Labute approximate surface area is 217 Å². The molecule has 2 atom stereocenters. The molecule has 2 aliphatic rings. The molecule has 2 heterocycles. The summed E-state index contributed by atoms with van der Waals surface area (Å²) in [5.74, 6) is 1.38. The largest absolute Gasteiger partial charge is 0.493 e. The maximum absolute atomic E-state index is 13.7. The van der Waals surface area contributed by atoms with Gasteiger partial charge in [0.2, 0.25) is 0 Å². The number of hydrogen-bond acceptors (Lipinski definition) is 8. The molecule has 1 aromatic heterocycles. The Morgan fingerprint density at radius 1 is 1.05 bits per heavy atom. The van der Waals surface area contributed by atoms with E-state index in [1.54, 1.807) is 7.11 Å². The number of ether oxygens (including phenoxy) is 4. The van der Waals surface area contributed by atoms with E-state index in [9.17, 15) is 9.59 Å². The van der Waals surface area contributed by atoms with Gasteiger partial charge in [0.15, 0.2) is 17.3 Å². The second kappa shape index (κ2) is 11.7. The molecule has 0 radical (unpaired) electrons. The van der Waals surface area contributed by atoms with Gasteiger partial charge in [0.25, 0.3) is 0 Å². The zero-order valence-electron chi connectivity index (χ0n) is 22.1. The van der Waals surface area contributed by atoms with Gasteiger partial charge in [-0.25, -0.2) is 4.79 Å². The first-order valence-electron chi connectivity index (χ1n) is 12.7. The van der Waals surface area contributed by atoms with Crippen LogP contribution < -0.4 is 14.8 Å². The summed E-state index contributed by atoms with van der Waals surface area (Å²) in [6.07, 6.45) is 0.915. The minimum Gasteiger partial charge on any atom is -0.493 e. The third-order valence-electron chi connectivity index (χ3n) is 6.72. The SMILES string of the molecule is CCOCCOC(=O)C1=C(C)NC2=C(C(=O)C[C@@H](c3ccc(OCC)c(OC)c3)C2)[C@H]1c1ccc(C)o1. The first-order valence-corrected chi connectivity index (χ1v) is 12.7. The summed E-state index contributed by atoms with van der Waals surface area (Å²) in [6.45, 7) is 9.00. The Balaban J connectivity index is 1.67. The molecule has 8 nitrogen and oxygen atoms in total. The summed E-state index contributed by atoms with van der Waals surface area (Å²) in [7, 11) is 1.61. The van der Waals surface area contributed by atoms with Gasteiger partial charge in [-0.2, -0.15) is 0 Å². The van der Waals surface area contributed by atoms with Gasteiger partial charge in [-0.3, -0.25) is 4.79 Å². The Morgan fingerprint density at radius 3 is 2.54 bits per heavy atom. The number of carbonyl (C=O) groups is 2. The van der Waals surface area contributed by atoms with E-state index < -0.39 is 11.9 Å². The Bertz CT molecular complexity index is 1220. The summed E-state index contributed by atoms with van der Waals surface area (Å²) in [4.78, 5) is 26.9. The van der Waals surface area contributed by atoms with Crippen LogP contribution in [0.2, 0.25) is 0 Å². The fourth-order valence-corrected chi connectivity index (χ4v) is 5.07. The lowest BCUT2D eigenvalue weighted by Crippen LogP contribution is -2.36. The average molecular weight is 510 g/mol. The zero-order chi connectivity index (χ0) is 26.5. The highest BCUT2D eigenvalue weighted by Gasteiger charge is 2.43. The van der Waals surface area contributed by atoms with E-state index in [-0.39, 0.29) is 18.3 Å². The number of benzene rings is 1. The van der Waals surface area contributed by atoms with E-state index in [4.69, 9.17) is 23.4 Å². The van der Waals surface area contributed by atoms with Crippen molar-refractivity contribution in [1.82, 2.24) is 5.32 Å². The molecule has 0 bridgehead atoms. The van der Waals surface area contributed by atoms with Crippen LogP contribution in [0.4, 0.5) is 0 Å². The molecule has 198 valence electrons. The molecule has 37 heavy (non-hydrogen) atoms. The lowest BCUT2D eigenvalue weighted by molar-refractivity contribution is -0.141. The standard InChI is InChI=1S/C29H35NO7/c1-6-34-12-13-36-29(32)26-18(4)30-21-14-20(19-9-11-23(35-7-2)25(16-19)33-5)15-22(31)27(21)28(26)24-10-8-17(3)37-24/h8-11,16,20,28,30H,6-7,12-15H2,1-5H3/t20-,28-/m0/s1. The molecule has 1 aromatic carbocycles. The van der Waals surface area contributed by atoms with E-state index in [2.05, 4.69) is 5.32 Å². The van der Waals surface area contributed by atoms with Crippen molar-refractivity contribution in [2.24, 2.45) is 0 Å². The number of furan rings is 1. The Kier molecular flexibility index (Phi) is 8.38. The number of nitrogens with one attached hydrogen (secondary N) is 1. The molecule has 1 N–H and O–H groups in total. The summed E-state index contributed by atoms with van der Waals surface area (Å²) in [5.41, 5.74) is 3.40. The molecule has 0 saturated heterocycles. The fourth-order valence-electron chi connectivity index (χ4n) is 5.07. The highest BCUT2D eigenvalue weighted by Crippen LogP contribution is 2.46. The first kappa shape index (κ1) is 26.5. The summed E-state index contributed by atoms with van der Waals surface area (Å²) >= 11 is 0. The van der Waals surface area contributed by atoms with Crippen molar-refractivity contribution < 1.29 is 33.0 Å². The van der Waals surface area contributed by atoms with Crippen LogP contribution in [0.5, 0.6) is 11.5 Å². The number of hydrogen-bond donors (Lipinski definition) is 1. The van der Waals surface area contributed by atoms with Crippen LogP contribution in [0.1, 0.15) is 62.5 Å². The van der Waals surface area contributed by atoms with Gasteiger partial charge in [-0.1, -0.05) is 6.07 Å². The minimum atomic E-state index is -0.632. The average Bonchev–Trinajstić information content (AvgIpc) is 3.31. The molecule has 8 heteroatoms. The fraction of sp³-hybridized carbons (Fsp3) is 0.448. The number of esters is 1. The van der Waals surface area contributed by atoms with Gasteiger partial charge in [0.05, 0.1) is 31.8 Å². The minimum absolute atomic E-state index is 0.0298. The van der Waals surface area contributed by atoms with Crippen LogP contribution in [-0.2, 0) is 19.1 Å². The number of carbonyl (C=O) groups excluding carboxylic acids is 2. The lowest BCUT2D eigenvalue weighted by atomic mass is 9.73. The number of dihydropyridines is 1. The van der Waals surface area contributed by atoms with Crippen molar-refractivity contribution in [2.75, 3.05) is 33.5 Å². The molecule has 2 aromatic rings. The van der Waals surface area contributed by atoms with Crippen LogP contribution >= 0.6 is 0 Å². The van der Waals surface area contributed by atoms with Gasteiger partial charge < -0.3 is 28.7 Å². The van der Waals surface area contributed by atoms with Crippen molar-refractivity contribution in [2.45, 2.75) is 52.4 Å². The van der Waals surface area contributed by atoms with Gasteiger partial charge in [-0.05, 0) is 69.9 Å². The Hall–Kier alpha value is -3.52. The molecule has 0 fully saturated rings. The van der Waals surface area contributed by atoms with Crippen LogP contribution in [0.25, 0.3) is 0 Å². The summed E-state index contributed by atoms with van der Waals surface area (Å²) < 4.78 is 27.9. The number of rotatable bonds is 10. The second-order valence-electron chi connectivity index (χ2n) is 9.14. The summed E-state index contributed by atoms with van der Waals surface area (Å²) in [5, 5.41) is 3.36. The van der Waals surface area contributed by atoms with Gasteiger partial charge in [0, 0.05) is 30.0 Å². The molecule has 0 spiro atoms. The molecule has 4 rings (SSSR count). The molecular formula is C29H35NO7. The first-order chi connectivity index (χ1) is 17.9. The third-order valence-corrected chi connectivity index (χ3v) is 6.72. The molecule has 0 unspecified atom stereocenters. The van der Waals surface area contributed by atoms with E-state index in [0.29, 0.717) is 72.5 Å². The Morgan fingerprint density at radius 2 is 1.86 bits per heavy atom. The van der Waals surface area contributed by atoms with Crippen LogP contribution in [-0.4, -0.2) is 45.3 Å². The van der Waals surface area contributed by atoms with E-state index in [1.807, 2.05) is 58.0 Å². The lowest BCUT2D eigenvalue weighted by Gasteiger charge is -2.35. The quantitative estimate of drug-likeness (QED) is 0.356. The highest BCUT2D eigenvalue weighted by molar-refractivity contribution is 6.04. The van der Waals surface area contributed by atoms with Gasteiger partial charge >= 0.3 is 5.97 Å². The van der Waals surface area contributed by atoms with Gasteiger partial charge in [0.1, 0.15) is 18.1 Å². The normalized spacial score (nSPS) is 19.4. The predicted octanol–water partition coefficient (Wildman–Crippen LogP) is 4.94. The van der Waals surface area contributed by atoms with E-state index >= 15 is 0 Å². The van der Waals surface area contributed by atoms with Gasteiger partial charge in [-0.15, -0.1) is 0 Å². The smallest absolute Gasteiger partial charge is 0.336 e. The monoisotopic (exact) mass is 509 g/mol. The number of methoxy groups -OCH3 is 1. The zero-order valence-corrected chi connectivity index (χ0v) is 22.1. The molecule has 1 aliphatic carbocycles. The summed E-state index contributed by atoms with van der Waals surface area (Å²) in [6, 6.07) is 9.47. The van der Waals surface area contributed by atoms with Crippen molar-refractivity contribution in [3.8, 4) is 11.5 Å².